The zero-order valence-corrected chi connectivity index (χ0v) is 19.5. The molecule has 0 saturated heterocycles. The number of nitrogens with zero attached hydrogens (tertiary/aromatic N) is 7. The van der Waals surface area contributed by atoms with Gasteiger partial charge in [-0.05, 0) is 37.6 Å². The lowest BCUT2D eigenvalue weighted by Crippen LogP contribution is -2.30. The fourth-order valence-electron chi connectivity index (χ4n) is 4.21. The number of carbonyl (C=O) groups is 1. The number of amides is 1. The minimum atomic E-state index is -0.141. The average Bonchev–Trinajstić information content (AvgIpc) is 3.51. The van der Waals surface area contributed by atoms with E-state index in [1.54, 1.807) is 20.6 Å². The highest BCUT2D eigenvalue weighted by Gasteiger charge is 2.25. The van der Waals surface area contributed by atoms with Crippen LogP contribution < -0.4 is 0 Å². The summed E-state index contributed by atoms with van der Waals surface area (Å²) in [4.78, 5) is 24.4. The molecule has 8 heteroatoms. The normalized spacial score (nSPS) is 12.1. The Morgan fingerprint density at radius 1 is 1.06 bits per heavy atom. The van der Waals surface area contributed by atoms with Crippen LogP contribution in [0, 0.1) is 6.92 Å². The lowest BCUT2D eigenvalue weighted by Gasteiger charge is -2.26. The molecule has 0 aliphatic rings. The molecule has 2 aromatic carbocycles. The Morgan fingerprint density at radius 2 is 1.79 bits per heavy atom. The van der Waals surface area contributed by atoms with Crippen LogP contribution in [-0.2, 0) is 7.05 Å². The molecule has 0 fully saturated rings. The molecule has 0 unspecified atom stereocenters. The second-order valence-corrected chi connectivity index (χ2v) is 8.35. The number of aryl methyl sites for hydroxylation is 2. The van der Waals surface area contributed by atoms with Gasteiger partial charge >= 0.3 is 0 Å². The summed E-state index contributed by atoms with van der Waals surface area (Å²) in [6, 6.07) is 19.6. The molecule has 3 heterocycles. The zero-order chi connectivity index (χ0) is 23.8. The lowest BCUT2D eigenvalue weighted by molar-refractivity contribution is 0.0744. The highest BCUT2D eigenvalue weighted by atomic mass is 16.2. The third-order valence-electron chi connectivity index (χ3n) is 6.23. The SMILES string of the molecule is Cc1nn(C)c2nc(-c3ccccc3)cc(C(=O)N(C)[C@H](C)c3ccc(-n4cncn4)cc3)c12. The number of aromatic nitrogens is 6. The predicted octanol–water partition coefficient (Wildman–Crippen LogP) is 4.36. The van der Waals surface area contributed by atoms with E-state index in [2.05, 4.69) is 15.2 Å². The van der Waals surface area contributed by atoms with Gasteiger partial charge < -0.3 is 4.90 Å². The molecule has 5 aromatic rings. The Labute approximate surface area is 197 Å². The minimum absolute atomic E-state index is 0.0754. The van der Waals surface area contributed by atoms with Crippen LogP contribution in [0.2, 0.25) is 0 Å². The summed E-state index contributed by atoms with van der Waals surface area (Å²) in [5.41, 5.74) is 5.72. The van der Waals surface area contributed by atoms with E-state index >= 15 is 0 Å². The Morgan fingerprint density at radius 3 is 2.47 bits per heavy atom. The number of hydrogen-bond acceptors (Lipinski definition) is 5. The van der Waals surface area contributed by atoms with Crippen LogP contribution in [0.15, 0.2) is 73.3 Å². The van der Waals surface area contributed by atoms with Crippen LogP contribution in [0.1, 0.15) is 34.6 Å². The molecule has 170 valence electrons. The van der Waals surface area contributed by atoms with E-state index in [0.29, 0.717) is 11.2 Å². The monoisotopic (exact) mass is 451 g/mol. The molecule has 3 aromatic heterocycles. The molecule has 0 radical (unpaired) electrons. The van der Waals surface area contributed by atoms with E-state index in [-0.39, 0.29) is 11.9 Å². The number of hydrogen-bond donors (Lipinski definition) is 0. The predicted molar refractivity (Wildman–Crippen MR) is 131 cm³/mol. The quantitative estimate of drug-likeness (QED) is 0.397. The summed E-state index contributed by atoms with van der Waals surface area (Å²) in [5.74, 6) is -0.0754. The molecule has 1 amide bonds. The molecular formula is C26H25N7O. The highest BCUT2D eigenvalue weighted by Crippen LogP contribution is 2.30. The van der Waals surface area contributed by atoms with Crippen molar-refractivity contribution in [3.8, 4) is 16.9 Å². The van der Waals surface area contributed by atoms with Crippen molar-refractivity contribution in [2.45, 2.75) is 19.9 Å². The third kappa shape index (κ3) is 3.73. The van der Waals surface area contributed by atoms with E-state index in [4.69, 9.17) is 4.98 Å². The Hall–Kier alpha value is -4.33. The maximum Gasteiger partial charge on any atom is 0.254 e. The van der Waals surface area contributed by atoms with Crippen LogP contribution in [0.3, 0.4) is 0 Å². The van der Waals surface area contributed by atoms with Crippen molar-refractivity contribution in [2.24, 2.45) is 7.05 Å². The van der Waals surface area contributed by atoms with Crippen molar-refractivity contribution < 1.29 is 4.79 Å². The van der Waals surface area contributed by atoms with Gasteiger partial charge in [0.2, 0.25) is 0 Å². The fourth-order valence-corrected chi connectivity index (χ4v) is 4.21. The molecule has 0 bridgehead atoms. The molecule has 8 nitrogen and oxygen atoms in total. The molecule has 0 N–H and O–H groups in total. The Bertz CT molecular complexity index is 1460. The van der Waals surface area contributed by atoms with Crippen LogP contribution >= 0.6 is 0 Å². The first kappa shape index (κ1) is 21.5. The smallest absolute Gasteiger partial charge is 0.254 e. The van der Waals surface area contributed by atoms with E-state index in [0.717, 1.165) is 33.6 Å². The van der Waals surface area contributed by atoms with Gasteiger partial charge in [0.25, 0.3) is 5.91 Å². The molecular weight excluding hydrogens is 426 g/mol. The van der Waals surface area contributed by atoms with E-state index < -0.39 is 0 Å². The topological polar surface area (TPSA) is 81.7 Å². The van der Waals surface area contributed by atoms with Gasteiger partial charge in [0.15, 0.2) is 5.65 Å². The lowest BCUT2D eigenvalue weighted by atomic mass is 10.0. The Balaban J connectivity index is 1.52. The van der Waals surface area contributed by atoms with Crippen molar-refractivity contribution >= 4 is 16.9 Å². The van der Waals surface area contributed by atoms with E-state index in [1.807, 2.05) is 88.6 Å². The van der Waals surface area contributed by atoms with Crippen molar-refractivity contribution in [1.29, 1.82) is 0 Å². The van der Waals surface area contributed by atoms with Crippen molar-refractivity contribution in [3.05, 3.63) is 90.1 Å². The number of carbonyl (C=O) groups excluding carboxylic acids is 1. The van der Waals surface area contributed by atoms with Crippen LogP contribution in [0.25, 0.3) is 28.0 Å². The van der Waals surface area contributed by atoms with Gasteiger partial charge in [-0.25, -0.2) is 14.6 Å². The molecule has 0 aliphatic carbocycles. The first-order chi connectivity index (χ1) is 16.4. The molecule has 34 heavy (non-hydrogen) atoms. The molecule has 0 saturated carbocycles. The minimum Gasteiger partial charge on any atom is -0.335 e. The molecule has 0 aliphatic heterocycles. The van der Waals surface area contributed by atoms with Crippen LogP contribution in [0.4, 0.5) is 0 Å². The summed E-state index contributed by atoms with van der Waals surface area (Å²) < 4.78 is 3.44. The van der Waals surface area contributed by atoms with E-state index in [9.17, 15) is 4.79 Å². The summed E-state index contributed by atoms with van der Waals surface area (Å²) in [6.07, 6.45) is 3.16. The number of rotatable bonds is 5. The van der Waals surface area contributed by atoms with Gasteiger partial charge in [0.05, 0.1) is 34.1 Å². The van der Waals surface area contributed by atoms with Crippen LogP contribution in [-0.4, -0.2) is 47.4 Å². The number of fused-ring (bicyclic) bond motifs is 1. The summed E-state index contributed by atoms with van der Waals surface area (Å²) in [6.45, 7) is 3.93. The largest absolute Gasteiger partial charge is 0.335 e. The first-order valence-electron chi connectivity index (χ1n) is 11.1. The standard InChI is InChI=1S/C26H25N7O/c1-17-24-22(14-23(20-8-6-5-7-9-20)29-25(24)32(4)30-17)26(34)31(3)18(2)19-10-12-21(13-11-19)33-16-27-15-28-33/h5-16,18H,1-4H3/t18-/m1/s1. The third-order valence-corrected chi connectivity index (χ3v) is 6.23. The van der Waals surface area contributed by atoms with Crippen LogP contribution in [0.5, 0.6) is 0 Å². The van der Waals surface area contributed by atoms with Gasteiger partial charge in [-0.15, -0.1) is 0 Å². The van der Waals surface area contributed by atoms with Gasteiger partial charge in [0.1, 0.15) is 12.7 Å². The molecule has 1 atom stereocenters. The van der Waals surface area contributed by atoms with Gasteiger partial charge in [-0.2, -0.15) is 10.2 Å². The zero-order valence-electron chi connectivity index (χ0n) is 19.5. The highest BCUT2D eigenvalue weighted by molar-refractivity contribution is 6.07. The molecule has 0 spiro atoms. The van der Waals surface area contributed by atoms with Crippen molar-refractivity contribution in [3.63, 3.8) is 0 Å². The second-order valence-electron chi connectivity index (χ2n) is 8.35. The molecule has 5 rings (SSSR count). The summed E-state index contributed by atoms with van der Waals surface area (Å²) >= 11 is 0. The maximum atomic E-state index is 13.8. The van der Waals surface area contributed by atoms with Gasteiger partial charge in [-0.1, -0.05) is 42.5 Å². The van der Waals surface area contributed by atoms with Crippen molar-refractivity contribution in [2.75, 3.05) is 7.05 Å². The maximum absolute atomic E-state index is 13.8. The Kier molecular flexibility index (Phi) is 5.41. The van der Waals surface area contributed by atoms with Crippen molar-refractivity contribution in [1.82, 2.24) is 34.4 Å². The average molecular weight is 452 g/mol. The number of benzene rings is 2. The first-order valence-corrected chi connectivity index (χ1v) is 11.1. The van der Waals surface area contributed by atoms with Gasteiger partial charge in [-0.3, -0.25) is 9.48 Å². The summed E-state index contributed by atoms with van der Waals surface area (Å²) in [7, 11) is 3.69. The summed E-state index contributed by atoms with van der Waals surface area (Å²) in [5, 5.41) is 9.48. The fraction of sp³-hybridized carbons (Fsp3) is 0.192. The second kappa shape index (κ2) is 8.55. The van der Waals surface area contributed by atoms with E-state index in [1.165, 1.54) is 6.33 Å². The number of pyridine rings is 1. The van der Waals surface area contributed by atoms with Gasteiger partial charge in [0, 0.05) is 19.7 Å².